The third-order valence-electron chi connectivity index (χ3n) is 3.99. The fourth-order valence-electron chi connectivity index (χ4n) is 2.56. The van der Waals surface area contributed by atoms with Crippen LogP contribution in [0.5, 0.6) is 5.75 Å². The van der Waals surface area contributed by atoms with Crippen molar-refractivity contribution in [3.05, 3.63) is 52.3 Å². The van der Waals surface area contributed by atoms with Crippen LogP contribution >= 0.6 is 0 Å². The lowest BCUT2D eigenvalue weighted by Gasteiger charge is -2.08. The van der Waals surface area contributed by atoms with E-state index < -0.39 is 5.97 Å². The number of carbonyl (C=O) groups is 2. The summed E-state index contributed by atoms with van der Waals surface area (Å²) in [6, 6.07) is 7.52. The summed E-state index contributed by atoms with van der Waals surface area (Å²) in [6.07, 6.45) is 0. The number of carbonyl (C=O) groups excluding carboxylic acids is 2. The van der Waals surface area contributed by atoms with Crippen molar-refractivity contribution < 1.29 is 19.1 Å². The Labute approximate surface area is 142 Å². The van der Waals surface area contributed by atoms with Crippen LogP contribution in [0.25, 0.3) is 0 Å². The second-order valence-corrected chi connectivity index (χ2v) is 6.04. The minimum Gasteiger partial charge on any atom is -0.482 e. The lowest BCUT2D eigenvalue weighted by atomic mass is 10.1. The van der Waals surface area contributed by atoms with Gasteiger partial charge in [-0.05, 0) is 57.0 Å². The van der Waals surface area contributed by atoms with Crippen molar-refractivity contribution in [3.8, 4) is 5.75 Å². The zero-order valence-electron chi connectivity index (χ0n) is 14.8. The standard InChI is InChI=1S/C19H23NO4/c1-12-6-13(2)8-16(7-12)23-11-19(22)24-10-18(21)17-9-14(3)20(5)15(17)4/h6-9H,10-11H2,1-5H3. The molecule has 0 aliphatic rings. The number of aryl methyl sites for hydroxylation is 3. The zero-order valence-corrected chi connectivity index (χ0v) is 14.8. The van der Waals surface area contributed by atoms with Crippen LogP contribution in [0.1, 0.15) is 32.9 Å². The Morgan fingerprint density at radius 2 is 1.58 bits per heavy atom. The van der Waals surface area contributed by atoms with Gasteiger partial charge < -0.3 is 14.0 Å². The van der Waals surface area contributed by atoms with Crippen LogP contribution in [0.4, 0.5) is 0 Å². The third kappa shape index (κ3) is 4.25. The zero-order chi connectivity index (χ0) is 17.9. The van der Waals surface area contributed by atoms with Crippen LogP contribution in [0.2, 0.25) is 0 Å². The van der Waals surface area contributed by atoms with Crippen LogP contribution in [-0.2, 0) is 16.6 Å². The van der Waals surface area contributed by atoms with Gasteiger partial charge in [-0.2, -0.15) is 0 Å². The number of esters is 1. The molecule has 0 spiro atoms. The molecular formula is C19H23NO4. The van der Waals surface area contributed by atoms with E-state index >= 15 is 0 Å². The first-order valence-corrected chi connectivity index (χ1v) is 7.80. The van der Waals surface area contributed by atoms with E-state index in [9.17, 15) is 9.59 Å². The van der Waals surface area contributed by atoms with E-state index in [4.69, 9.17) is 9.47 Å². The summed E-state index contributed by atoms with van der Waals surface area (Å²) in [6.45, 7) is 7.21. The second kappa shape index (κ2) is 7.34. The van der Waals surface area contributed by atoms with Gasteiger partial charge in [0.05, 0.1) is 0 Å². The Bertz CT molecular complexity index is 754. The maximum atomic E-state index is 12.2. The molecular weight excluding hydrogens is 306 g/mol. The number of rotatable bonds is 6. The van der Waals surface area contributed by atoms with Crippen LogP contribution in [0.3, 0.4) is 0 Å². The van der Waals surface area contributed by atoms with Crippen molar-refractivity contribution >= 4 is 11.8 Å². The molecule has 0 N–H and O–H groups in total. The molecule has 1 heterocycles. The third-order valence-corrected chi connectivity index (χ3v) is 3.99. The highest BCUT2D eigenvalue weighted by molar-refractivity contribution is 5.99. The first-order chi connectivity index (χ1) is 11.3. The Morgan fingerprint density at radius 1 is 0.958 bits per heavy atom. The van der Waals surface area contributed by atoms with E-state index in [1.54, 1.807) is 6.07 Å². The van der Waals surface area contributed by atoms with E-state index in [1.165, 1.54) is 0 Å². The summed E-state index contributed by atoms with van der Waals surface area (Å²) >= 11 is 0. The van der Waals surface area contributed by atoms with E-state index in [0.717, 1.165) is 22.5 Å². The number of Topliss-reactive ketones (excluding diaryl/α,β-unsaturated/α-hetero) is 1. The highest BCUT2D eigenvalue weighted by atomic mass is 16.6. The maximum Gasteiger partial charge on any atom is 0.344 e. The minimum atomic E-state index is -0.562. The number of benzene rings is 1. The van der Waals surface area contributed by atoms with Gasteiger partial charge in [0, 0.05) is 24.0 Å². The van der Waals surface area contributed by atoms with E-state index in [-0.39, 0.29) is 19.0 Å². The molecule has 0 saturated heterocycles. The fourth-order valence-corrected chi connectivity index (χ4v) is 2.56. The molecule has 0 aliphatic heterocycles. The van der Waals surface area contributed by atoms with Crippen molar-refractivity contribution in [2.24, 2.45) is 7.05 Å². The normalized spacial score (nSPS) is 10.5. The largest absolute Gasteiger partial charge is 0.482 e. The number of ketones is 1. The molecule has 0 bridgehead atoms. The minimum absolute atomic E-state index is 0.212. The summed E-state index contributed by atoms with van der Waals surface area (Å²) < 4.78 is 12.4. The molecule has 5 heteroatoms. The maximum absolute atomic E-state index is 12.2. The van der Waals surface area contributed by atoms with Gasteiger partial charge in [-0.1, -0.05) is 6.07 Å². The average Bonchev–Trinajstić information content (AvgIpc) is 2.77. The van der Waals surface area contributed by atoms with Crippen LogP contribution in [0.15, 0.2) is 24.3 Å². The predicted octanol–water partition coefficient (Wildman–Crippen LogP) is 3.06. The number of nitrogens with zero attached hydrogens (tertiary/aromatic N) is 1. The summed E-state index contributed by atoms with van der Waals surface area (Å²) in [5.41, 5.74) is 4.55. The van der Waals surface area contributed by atoms with Gasteiger partial charge in [-0.15, -0.1) is 0 Å². The molecule has 1 aromatic heterocycles. The van der Waals surface area contributed by atoms with Gasteiger partial charge in [-0.3, -0.25) is 4.79 Å². The number of aromatic nitrogens is 1. The number of ether oxygens (including phenoxy) is 2. The van der Waals surface area contributed by atoms with Crippen molar-refractivity contribution in [3.63, 3.8) is 0 Å². The Hall–Kier alpha value is -2.56. The average molecular weight is 329 g/mol. The van der Waals surface area contributed by atoms with Gasteiger partial charge in [0.15, 0.2) is 13.2 Å². The monoisotopic (exact) mass is 329 g/mol. The summed E-state index contributed by atoms with van der Waals surface area (Å²) in [7, 11) is 1.89. The van der Waals surface area contributed by atoms with Crippen molar-refractivity contribution in [2.45, 2.75) is 27.7 Å². The molecule has 0 radical (unpaired) electrons. The Morgan fingerprint density at radius 3 is 2.12 bits per heavy atom. The number of hydrogen-bond acceptors (Lipinski definition) is 4. The highest BCUT2D eigenvalue weighted by Gasteiger charge is 2.16. The molecule has 2 aromatic rings. The predicted molar refractivity (Wildman–Crippen MR) is 91.6 cm³/mol. The summed E-state index contributed by atoms with van der Waals surface area (Å²) in [5.74, 6) is -0.158. The lowest BCUT2D eigenvalue weighted by molar-refractivity contribution is -0.144. The van der Waals surface area contributed by atoms with E-state index in [1.807, 2.05) is 57.5 Å². The van der Waals surface area contributed by atoms with Crippen molar-refractivity contribution in [2.75, 3.05) is 13.2 Å². The van der Waals surface area contributed by atoms with Gasteiger partial charge in [0.1, 0.15) is 5.75 Å². The lowest BCUT2D eigenvalue weighted by Crippen LogP contribution is -2.19. The first kappa shape index (κ1) is 17.8. The van der Waals surface area contributed by atoms with Gasteiger partial charge in [-0.25, -0.2) is 4.79 Å². The fraction of sp³-hybridized carbons (Fsp3) is 0.368. The second-order valence-electron chi connectivity index (χ2n) is 6.04. The summed E-state index contributed by atoms with van der Waals surface area (Å²) in [4.78, 5) is 23.9. The molecule has 0 aliphatic carbocycles. The quantitative estimate of drug-likeness (QED) is 0.604. The van der Waals surface area contributed by atoms with E-state index in [2.05, 4.69) is 0 Å². The Balaban J connectivity index is 1.86. The topological polar surface area (TPSA) is 57.5 Å². The first-order valence-electron chi connectivity index (χ1n) is 7.80. The molecule has 2 rings (SSSR count). The molecule has 0 unspecified atom stereocenters. The van der Waals surface area contributed by atoms with Gasteiger partial charge >= 0.3 is 5.97 Å². The van der Waals surface area contributed by atoms with E-state index in [0.29, 0.717) is 11.3 Å². The van der Waals surface area contributed by atoms with Crippen LogP contribution in [0, 0.1) is 27.7 Å². The summed E-state index contributed by atoms with van der Waals surface area (Å²) in [5, 5.41) is 0. The molecule has 24 heavy (non-hydrogen) atoms. The van der Waals surface area contributed by atoms with Crippen molar-refractivity contribution in [1.29, 1.82) is 0 Å². The highest BCUT2D eigenvalue weighted by Crippen LogP contribution is 2.16. The molecule has 0 atom stereocenters. The van der Waals surface area contributed by atoms with Crippen molar-refractivity contribution in [1.82, 2.24) is 4.57 Å². The molecule has 128 valence electrons. The smallest absolute Gasteiger partial charge is 0.344 e. The van der Waals surface area contributed by atoms with Gasteiger partial charge in [0.2, 0.25) is 5.78 Å². The molecule has 0 fully saturated rings. The number of hydrogen-bond donors (Lipinski definition) is 0. The molecule has 0 amide bonds. The van der Waals surface area contributed by atoms with Crippen LogP contribution < -0.4 is 4.74 Å². The molecule has 0 saturated carbocycles. The Kier molecular flexibility index (Phi) is 5.44. The van der Waals surface area contributed by atoms with Gasteiger partial charge in [0.25, 0.3) is 0 Å². The van der Waals surface area contributed by atoms with Crippen LogP contribution in [-0.4, -0.2) is 29.5 Å². The molecule has 1 aromatic carbocycles. The SMILES string of the molecule is Cc1cc(C)cc(OCC(=O)OCC(=O)c2cc(C)n(C)c2C)c1. The molecule has 5 nitrogen and oxygen atoms in total.